The number of nitrogens with zero attached hydrogens (tertiary/aromatic N) is 1. The van der Waals surface area contributed by atoms with Gasteiger partial charge in [-0.05, 0) is 30.9 Å². The van der Waals surface area contributed by atoms with E-state index < -0.39 is 0 Å². The predicted molar refractivity (Wildman–Crippen MR) is 77.0 cm³/mol. The number of nitrogens with one attached hydrogen (secondary N) is 1. The number of carbonyl (C=O) groups excluding carboxylic acids is 1. The molecular formula is C15H22N2O3. The van der Waals surface area contributed by atoms with Crippen LogP contribution in [-0.4, -0.2) is 37.9 Å². The fourth-order valence-corrected chi connectivity index (χ4v) is 2.24. The van der Waals surface area contributed by atoms with Gasteiger partial charge in [0.2, 0.25) is 0 Å². The summed E-state index contributed by atoms with van der Waals surface area (Å²) >= 11 is 0. The van der Waals surface area contributed by atoms with Gasteiger partial charge >= 0.3 is 6.03 Å². The molecule has 2 amide bonds. The van der Waals surface area contributed by atoms with E-state index in [9.17, 15) is 4.79 Å². The van der Waals surface area contributed by atoms with E-state index in [1.165, 1.54) is 0 Å². The molecule has 1 aromatic rings. The van der Waals surface area contributed by atoms with Crippen LogP contribution in [0, 0.1) is 5.92 Å². The molecule has 5 nitrogen and oxygen atoms in total. The summed E-state index contributed by atoms with van der Waals surface area (Å²) in [6, 6.07) is 7.31. The van der Waals surface area contributed by atoms with Crippen LogP contribution in [0.2, 0.25) is 0 Å². The van der Waals surface area contributed by atoms with E-state index in [-0.39, 0.29) is 12.8 Å². The lowest BCUT2D eigenvalue weighted by Crippen LogP contribution is -2.45. The number of urea groups is 1. The summed E-state index contributed by atoms with van der Waals surface area (Å²) in [7, 11) is 1.59. The highest BCUT2D eigenvalue weighted by atomic mass is 16.5. The average Bonchev–Trinajstić information content (AvgIpc) is 2.48. The molecule has 110 valence electrons. The second kappa shape index (κ2) is 7.03. The van der Waals surface area contributed by atoms with Gasteiger partial charge in [0.25, 0.3) is 0 Å². The minimum Gasteiger partial charge on any atom is -0.493 e. The fourth-order valence-electron chi connectivity index (χ4n) is 2.24. The maximum absolute atomic E-state index is 12.0. The molecule has 0 aromatic heterocycles. The summed E-state index contributed by atoms with van der Waals surface area (Å²) in [5.74, 6) is 2.00. The summed E-state index contributed by atoms with van der Waals surface area (Å²) < 4.78 is 10.7. The maximum Gasteiger partial charge on any atom is 0.320 e. The molecule has 0 radical (unpaired) electrons. The summed E-state index contributed by atoms with van der Waals surface area (Å²) in [6.45, 7) is 4.01. The predicted octanol–water partition coefficient (Wildman–Crippen LogP) is 2.47. The van der Waals surface area contributed by atoms with Crippen LogP contribution in [0.1, 0.15) is 19.8 Å². The first-order chi connectivity index (χ1) is 9.70. The number of para-hydroxylation sites is 2. The number of hydrogen-bond acceptors (Lipinski definition) is 3. The summed E-state index contributed by atoms with van der Waals surface area (Å²) in [6.07, 6.45) is 2.14. The Hall–Kier alpha value is -1.91. The number of piperidine rings is 1. The maximum atomic E-state index is 12.0. The molecule has 2 rings (SSSR count). The number of carbonyl (C=O) groups is 1. The van der Waals surface area contributed by atoms with Crippen LogP contribution in [0.3, 0.4) is 0 Å². The quantitative estimate of drug-likeness (QED) is 0.861. The first-order valence-electron chi connectivity index (χ1n) is 6.99. The molecule has 5 heteroatoms. The van der Waals surface area contributed by atoms with Crippen molar-refractivity contribution in [3.63, 3.8) is 0 Å². The highest BCUT2D eigenvalue weighted by Gasteiger charge is 2.19. The van der Waals surface area contributed by atoms with E-state index in [1.54, 1.807) is 7.11 Å². The van der Waals surface area contributed by atoms with Gasteiger partial charge in [-0.25, -0.2) is 4.79 Å². The Morgan fingerprint density at radius 1 is 1.30 bits per heavy atom. The lowest BCUT2D eigenvalue weighted by molar-refractivity contribution is 0.163. The Morgan fingerprint density at radius 2 is 1.95 bits per heavy atom. The standard InChI is InChI=1S/C15H22N2O3/c1-12-7-9-17(10-8-12)15(18)16-11-20-14-6-4-3-5-13(14)19-2/h3-6,12H,7-11H2,1-2H3,(H,16,18). The molecule has 1 aromatic carbocycles. The molecule has 0 atom stereocenters. The molecule has 0 bridgehead atoms. The molecule has 1 saturated heterocycles. The van der Waals surface area contributed by atoms with Crippen molar-refractivity contribution >= 4 is 6.03 Å². The minimum absolute atomic E-state index is 0.0632. The third-order valence-electron chi connectivity index (χ3n) is 3.59. The van der Waals surface area contributed by atoms with E-state index in [1.807, 2.05) is 29.2 Å². The van der Waals surface area contributed by atoms with E-state index in [2.05, 4.69) is 12.2 Å². The average molecular weight is 278 g/mol. The van der Waals surface area contributed by atoms with Crippen molar-refractivity contribution in [2.45, 2.75) is 19.8 Å². The highest BCUT2D eigenvalue weighted by Crippen LogP contribution is 2.25. The Bertz CT molecular complexity index is 442. The molecule has 0 saturated carbocycles. The van der Waals surface area contributed by atoms with Crippen molar-refractivity contribution in [2.75, 3.05) is 26.9 Å². The van der Waals surface area contributed by atoms with E-state index in [4.69, 9.17) is 9.47 Å². The number of benzene rings is 1. The van der Waals surface area contributed by atoms with Crippen LogP contribution in [-0.2, 0) is 0 Å². The summed E-state index contributed by atoms with van der Waals surface area (Å²) in [4.78, 5) is 13.8. The highest BCUT2D eigenvalue weighted by molar-refractivity contribution is 5.74. The van der Waals surface area contributed by atoms with E-state index in [0.29, 0.717) is 17.4 Å². The Kier molecular flexibility index (Phi) is 5.09. The Labute approximate surface area is 119 Å². The SMILES string of the molecule is COc1ccccc1OCNC(=O)N1CCC(C)CC1. The molecule has 1 heterocycles. The summed E-state index contributed by atoms with van der Waals surface area (Å²) in [5, 5.41) is 2.78. The van der Waals surface area contributed by atoms with Crippen molar-refractivity contribution < 1.29 is 14.3 Å². The number of methoxy groups -OCH3 is 1. The van der Waals surface area contributed by atoms with Gasteiger partial charge < -0.3 is 19.7 Å². The third kappa shape index (κ3) is 3.79. The molecule has 0 spiro atoms. The smallest absolute Gasteiger partial charge is 0.320 e. The third-order valence-corrected chi connectivity index (χ3v) is 3.59. The van der Waals surface area contributed by atoms with Gasteiger partial charge in [0.05, 0.1) is 7.11 Å². The number of amides is 2. The van der Waals surface area contributed by atoms with Crippen molar-refractivity contribution in [1.82, 2.24) is 10.2 Å². The van der Waals surface area contributed by atoms with Crippen molar-refractivity contribution in [3.8, 4) is 11.5 Å². The number of hydrogen-bond donors (Lipinski definition) is 1. The molecule has 1 aliphatic heterocycles. The zero-order chi connectivity index (χ0) is 14.4. The Morgan fingerprint density at radius 3 is 2.60 bits per heavy atom. The van der Waals surface area contributed by atoms with Crippen LogP contribution in [0.15, 0.2) is 24.3 Å². The van der Waals surface area contributed by atoms with E-state index >= 15 is 0 Å². The van der Waals surface area contributed by atoms with Crippen molar-refractivity contribution in [3.05, 3.63) is 24.3 Å². The molecule has 0 aliphatic carbocycles. The van der Waals surface area contributed by atoms with Gasteiger partial charge in [0.15, 0.2) is 18.2 Å². The monoisotopic (exact) mass is 278 g/mol. The first-order valence-corrected chi connectivity index (χ1v) is 6.99. The Balaban J connectivity index is 1.76. The number of rotatable bonds is 4. The number of ether oxygens (including phenoxy) is 2. The van der Waals surface area contributed by atoms with Crippen molar-refractivity contribution in [2.24, 2.45) is 5.92 Å². The number of likely N-dealkylation sites (tertiary alicyclic amines) is 1. The molecule has 1 N–H and O–H groups in total. The van der Waals surface area contributed by atoms with Crippen LogP contribution >= 0.6 is 0 Å². The van der Waals surface area contributed by atoms with Gasteiger partial charge in [-0.1, -0.05) is 19.1 Å². The van der Waals surface area contributed by atoms with Gasteiger partial charge in [0.1, 0.15) is 0 Å². The molecule has 20 heavy (non-hydrogen) atoms. The second-order valence-corrected chi connectivity index (χ2v) is 5.09. The lowest BCUT2D eigenvalue weighted by atomic mass is 10.00. The van der Waals surface area contributed by atoms with Crippen molar-refractivity contribution in [1.29, 1.82) is 0 Å². The molecular weight excluding hydrogens is 256 g/mol. The van der Waals surface area contributed by atoms with Crippen LogP contribution in [0.4, 0.5) is 4.79 Å². The summed E-state index contributed by atoms with van der Waals surface area (Å²) in [5.41, 5.74) is 0. The van der Waals surface area contributed by atoms with Crippen LogP contribution in [0.25, 0.3) is 0 Å². The van der Waals surface area contributed by atoms with Gasteiger partial charge in [-0.2, -0.15) is 0 Å². The molecule has 1 aliphatic rings. The van der Waals surface area contributed by atoms with Gasteiger partial charge in [-0.3, -0.25) is 0 Å². The lowest BCUT2D eigenvalue weighted by Gasteiger charge is -2.30. The van der Waals surface area contributed by atoms with Crippen LogP contribution < -0.4 is 14.8 Å². The van der Waals surface area contributed by atoms with E-state index in [0.717, 1.165) is 25.9 Å². The molecule has 0 unspecified atom stereocenters. The second-order valence-electron chi connectivity index (χ2n) is 5.09. The molecule has 1 fully saturated rings. The minimum atomic E-state index is -0.0632. The topological polar surface area (TPSA) is 50.8 Å². The van der Waals surface area contributed by atoms with Gasteiger partial charge in [-0.15, -0.1) is 0 Å². The normalized spacial score (nSPS) is 15.8. The van der Waals surface area contributed by atoms with Gasteiger partial charge in [0, 0.05) is 13.1 Å². The fraction of sp³-hybridized carbons (Fsp3) is 0.533. The first kappa shape index (κ1) is 14.5. The van der Waals surface area contributed by atoms with Crippen LogP contribution in [0.5, 0.6) is 11.5 Å². The zero-order valence-electron chi connectivity index (χ0n) is 12.1. The zero-order valence-corrected chi connectivity index (χ0v) is 12.1. The largest absolute Gasteiger partial charge is 0.493 e.